The molecule has 2 bridgehead atoms. The summed E-state index contributed by atoms with van der Waals surface area (Å²) in [4.78, 5) is 43.3. The molecule has 1 aromatic heterocycles. The summed E-state index contributed by atoms with van der Waals surface area (Å²) in [7, 11) is 0. The minimum atomic E-state index is -0.783. The van der Waals surface area contributed by atoms with Crippen molar-refractivity contribution in [2.75, 3.05) is 16.8 Å². The molecule has 4 heterocycles. The molecule has 2 saturated heterocycles. The van der Waals surface area contributed by atoms with Gasteiger partial charge in [0.05, 0.1) is 24.5 Å². The molecular weight excluding hydrogens is 396 g/mol. The Balaban J connectivity index is 1.34. The smallest absolute Gasteiger partial charge is 0.234 e. The summed E-state index contributed by atoms with van der Waals surface area (Å²) in [6, 6.07) is 10.8. The van der Waals surface area contributed by atoms with Crippen molar-refractivity contribution in [2.24, 2.45) is 11.8 Å². The first-order chi connectivity index (χ1) is 15.0. The van der Waals surface area contributed by atoms with Gasteiger partial charge in [-0.15, -0.1) is 0 Å². The number of carbonyl (C=O) groups excluding carboxylic acids is 3. The molecule has 4 atom stereocenters. The largest absolute Gasteiger partial charge is 0.360 e. The number of pyridine rings is 1. The van der Waals surface area contributed by atoms with E-state index in [2.05, 4.69) is 15.6 Å². The number of fused-ring (bicyclic) bond motifs is 1. The number of aromatic nitrogens is 1. The third kappa shape index (κ3) is 3.29. The van der Waals surface area contributed by atoms with E-state index in [1.54, 1.807) is 41.6 Å². The summed E-state index contributed by atoms with van der Waals surface area (Å²) < 4.78 is 6.16. The van der Waals surface area contributed by atoms with E-state index in [1.807, 2.05) is 24.3 Å². The number of benzene rings is 1. The van der Waals surface area contributed by atoms with Crippen LogP contribution < -0.4 is 15.5 Å². The topological polar surface area (TPSA) is 101 Å². The van der Waals surface area contributed by atoms with Crippen LogP contribution >= 0.6 is 0 Å². The Morgan fingerprint density at radius 2 is 2.06 bits per heavy atom. The predicted octanol–water partition coefficient (Wildman–Crippen LogP) is 1.64. The molecule has 2 fully saturated rings. The molecule has 0 aliphatic carbocycles. The van der Waals surface area contributed by atoms with Gasteiger partial charge in [-0.1, -0.05) is 18.2 Å². The zero-order chi connectivity index (χ0) is 21.6. The van der Waals surface area contributed by atoms with E-state index in [0.717, 1.165) is 5.56 Å². The Labute approximate surface area is 179 Å². The first kappa shape index (κ1) is 19.4. The zero-order valence-corrected chi connectivity index (χ0v) is 16.9. The number of hydrogen-bond acceptors (Lipinski definition) is 5. The Morgan fingerprint density at radius 1 is 1.26 bits per heavy atom. The number of hydrogen-bond donors (Lipinski definition) is 2. The van der Waals surface area contributed by atoms with Gasteiger partial charge in [0.25, 0.3) is 0 Å². The molecular formula is C23H22N4O4. The molecule has 3 aliphatic rings. The lowest BCUT2D eigenvalue weighted by molar-refractivity contribution is -0.132. The molecule has 3 aliphatic heterocycles. The fourth-order valence-corrected chi connectivity index (χ4v) is 4.75. The van der Waals surface area contributed by atoms with Crippen LogP contribution in [0.1, 0.15) is 12.5 Å². The van der Waals surface area contributed by atoms with E-state index < -0.39 is 23.5 Å². The maximum Gasteiger partial charge on any atom is 0.234 e. The third-order valence-corrected chi connectivity index (χ3v) is 6.09. The van der Waals surface area contributed by atoms with Crippen molar-refractivity contribution in [1.29, 1.82) is 0 Å². The summed E-state index contributed by atoms with van der Waals surface area (Å²) in [5.41, 5.74) is 1.47. The van der Waals surface area contributed by atoms with Crippen LogP contribution in [0.4, 0.5) is 11.4 Å². The van der Waals surface area contributed by atoms with Crippen LogP contribution in [-0.4, -0.2) is 41.0 Å². The molecule has 8 heteroatoms. The first-order valence-corrected chi connectivity index (χ1v) is 10.2. The molecule has 0 saturated carbocycles. The number of rotatable bonds is 5. The van der Waals surface area contributed by atoms with Gasteiger partial charge in [0, 0.05) is 37.2 Å². The van der Waals surface area contributed by atoms with Crippen LogP contribution in [0.15, 0.2) is 60.9 Å². The third-order valence-electron chi connectivity index (χ3n) is 6.09. The molecule has 2 N–H and O–H groups in total. The number of nitrogens with zero attached hydrogens (tertiary/aromatic N) is 2. The van der Waals surface area contributed by atoms with Crippen LogP contribution in [0.25, 0.3) is 0 Å². The Kier molecular flexibility index (Phi) is 4.59. The van der Waals surface area contributed by atoms with Crippen LogP contribution in [-0.2, 0) is 25.7 Å². The number of carbonyl (C=O) groups is 3. The van der Waals surface area contributed by atoms with E-state index in [-0.39, 0.29) is 17.7 Å². The number of ether oxygens (including phenoxy) is 1. The van der Waals surface area contributed by atoms with Gasteiger partial charge in [-0.2, -0.15) is 0 Å². The monoisotopic (exact) mass is 418 g/mol. The van der Waals surface area contributed by atoms with Crippen molar-refractivity contribution in [1.82, 2.24) is 10.3 Å². The fraction of sp³-hybridized carbons (Fsp3) is 0.304. The molecule has 8 nitrogen and oxygen atoms in total. The molecule has 31 heavy (non-hydrogen) atoms. The van der Waals surface area contributed by atoms with Crippen LogP contribution in [0, 0.1) is 11.8 Å². The van der Waals surface area contributed by atoms with Gasteiger partial charge in [0.1, 0.15) is 5.60 Å². The average molecular weight is 418 g/mol. The summed E-state index contributed by atoms with van der Waals surface area (Å²) >= 11 is 0. The number of nitrogens with one attached hydrogen (secondary N) is 2. The second kappa shape index (κ2) is 7.31. The molecule has 3 amide bonds. The van der Waals surface area contributed by atoms with Crippen LogP contribution in [0.3, 0.4) is 0 Å². The SMILES string of the molecule is CC(=O)Nc1ccc(N2C[C@]34C=C[C@H](O3)[C@@H](C(=O)NCc3cccnc3)[C@@H]4C2=O)cc1. The highest BCUT2D eigenvalue weighted by molar-refractivity contribution is 6.03. The lowest BCUT2D eigenvalue weighted by Crippen LogP contribution is -2.44. The van der Waals surface area contributed by atoms with Crippen LogP contribution in [0.5, 0.6) is 0 Å². The highest BCUT2D eigenvalue weighted by Crippen LogP contribution is 2.52. The van der Waals surface area contributed by atoms with Crippen molar-refractivity contribution in [3.63, 3.8) is 0 Å². The van der Waals surface area contributed by atoms with Gasteiger partial charge in [-0.25, -0.2) is 0 Å². The predicted molar refractivity (Wildman–Crippen MR) is 113 cm³/mol. The molecule has 2 aromatic rings. The van der Waals surface area contributed by atoms with Gasteiger partial charge in [0.15, 0.2) is 0 Å². The van der Waals surface area contributed by atoms with Crippen molar-refractivity contribution in [2.45, 2.75) is 25.2 Å². The highest BCUT2D eigenvalue weighted by atomic mass is 16.5. The molecule has 0 radical (unpaired) electrons. The van der Waals surface area contributed by atoms with Crippen LogP contribution in [0.2, 0.25) is 0 Å². The standard InChI is InChI=1S/C23H22N4O4/c1-14(28)26-16-4-6-17(7-5-16)27-13-23-9-8-18(31-23)19(20(23)22(27)30)21(29)25-12-15-3-2-10-24-11-15/h2-11,18-20H,12-13H2,1H3,(H,25,29)(H,26,28)/t18-,19+,20+,23-/m0/s1. The quantitative estimate of drug-likeness (QED) is 0.719. The molecule has 5 rings (SSSR count). The Hall–Kier alpha value is -3.52. The van der Waals surface area contributed by atoms with E-state index >= 15 is 0 Å². The Morgan fingerprint density at radius 3 is 2.77 bits per heavy atom. The maximum absolute atomic E-state index is 13.4. The fourth-order valence-electron chi connectivity index (χ4n) is 4.75. The van der Waals surface area contributed by atoms with Gasteiger partial charge >= 0.3 is 0 Å². The zero-order valence-electron chi connectivity index (χ0n) is 16.9. The summed E-state index contributed by atoms with van der Waals surface area (Å²) in [5, 5.41) is 5.64. The normalized spacial score (nSPS) is 28.0. The van der Waals surface area contributed by atoms with Crippen molar-refractivity contribution >= 4 is 29.1 Å². The summed E-state index contributed by atoms with van der Waals surface area (Å²) in [6.45, 7) is 2.15. The second-order valence-electron chi connectivity index (χ2n) is 8.13. The van der Waals surface area contributed by atoms with Crippen molar-refractivity contribution in [3.05, 3.63) is 66.5 Å². The highest BCUT2D eigenvalue weighted by Gasteiger charge is 2.67. The molecule has 1 spiro atoms. The van der Waals surface area contributed by atoms with Gasteiger partial charge in [0.2, 0.25) is 17.7 Å². The maximum atomic E-state index is 13.4. The van der Waals surface area contributed by atoms with Gasteiger partial charge in [-0.3, -0.25) is 19.4 Å². The first-order valence-electron chi connectivity index (χ1n) is 10.2. The Bertz CT molecular complexity index is 1070. The van der Waals surface area contributed by atoms with Crippen molar-refractivity contribution in [3.8, 4) is 0 Å². The van der Waals surface area contributed by atoms with Gasteiger partial charge in [-0.05, 0) is 35.9 Å². The number of anilines is 2. The lowest BCUT2D eigenvalue weighted by atomic mass is 9.77. The lowest BCUT2D eigenvalue weighted by Gasteiger charge is -2.23. The molecule has 1 aromatic carbocycles. The minimum Gasteiger partial charge on any atom is -0.360 e. The summed E-state index contributed by atoms with van der Waals surface area (Å²) in [6.07, 6.45) is 6.80. The molecule has 158 valence electrons. The summed E-state index contributed by atoms with van der Waals surface area (Å²) in [5.74, 6) is -1.61. The number of amides is 3. The van der Waals surface area contributed by atoms with E-state index in [4.69, 9.17) is 4.74 Å². The van der Waals surface area contributed by atoms with E-state index in [0.29, 0.717) is 24.5 Å². The second-order valence-corrected chi connectivity index (χ2v) is 8.13. The van der Waals surface area contributed by atoms with Gasteiger partial charge < -0.3 is 20.3 Å². The van der Waals surface area contributed by atoms with E-state index in [9.17, 15) is 14.4 Å². The van der Waals surface area contributed by atoms with E-state index in [1.165, 1.54) is 6.92 Å². The van der Waals surface area contributed by atoms with Crippen molar-refractivity contribution < 1.29 is 19.1 Å². The average Bonchev–Trinajstić information content (AvgIpc) is 3.41. The molecule has 0 unspecified atom stereocenters. The minimum absolute atomic E-state index is 0.124.